The monoisotopic (exact) mass is 236 g/mol. The van der Waals surface area contributed by atoms with Crippen LogP contribution in [0.3, 0.4) is 0 Å². The average Bonchev–Trinajstić information content (AvgIpc) is 2.39. The minimum absolute atomic E-state index is 1.37. The van der Waals surface area contributed by atoms with Crippen LogP contribution in [0.2, 0.25) is 21.0 Å². The molecule has 0 aromatic heterocycles. The quantitative estimate of drug-likeness (QED) is 0.441. The molecule has 0 unspecified atom stereocenters. The summed E-state index contributed by atoms with van der Waals surface area (Å²) >= 11 is -1.52. The molecule has 0 N–H and O–H groups in total. The van der Waals surface area contributed by atoms with Crippen molar-refractivity contribution in [2.24, 2.45) is 0 Å². The van der Waals surface area contributed by atoms with Gasteiger partial charge in [-0.3, -0.25) is 0 Å². The van der Waals surface area contributed by atoms with Crippen molar-refractivity contribution in [2.75, 3.05) is 0 Å². The summed E-state index contributed by atoms with van der Waals surface area (Å²) in [5.41, 5.74) is 6.12. The number of hydrogen-bond donors (Lipinski definition) is 0. The van der Waals surface area contributed by atoms with Crippen molar-refractivity contribution in [2.45, 2.75) is 34.9 Å². The third kappa shape index (κ3) is 1.45. The first-order chi connectivity index (χ1) is 6.02. The van der Waals surface area contributed by atoms with Crippen LogP contribution in [0.15, 0.2) is 35.5 Å². The summed E-state index contributed by atoms with van der Waals surface area (Å²) < 4.78 is 0. The van der Waals surface area contributed by atoms with Gasteiger partial charge in [0.05, 0.1) is 0 Å². The molecule has 1 saturated heterocycles. The molecule has 0 nitrogen and oxygen atoms in total. The standard InChI is InChI=1S/C12H18Ge/c1-9-5-13(6-10(9)2)7-11(3)12(4)8-13/h1-2,5-8H2,3-4H3. The van der Waals surface area contributed by atoms with Crippen LogP contribution in [0.25, 0.3) is 0 Å². The second-order valence-corrected chi connectivity index (χ2v) is 14.2. The molecule has 0 saturated carbocycles. The number of hydrogen-bond acceptors (Lipinski definition) is 0. The molecule has 1 heteroatoms. The molecule has 1 spiro atoms. The minimum atomic E-state index is -1.52. The molecular weight excluding hydrogens is 217 g/mol. The summed E-state index contributed by atoms with van der Waals surface area (Å²) in [6, 6.07) is 0. The zero-order chi connectivity index (χ0) is 9.64. The molecule has 13 heavy (non-hydrogen) atoms. The topological polar surface area (TPSA) is 0 Å². The molecule has 1 fully saturated rings. The summed E-state index contributed by atoms with van der Waals surface area (Å²) in [7, 11) is 0. The maximum absolute atomic E-state index is 4.13. The van der Waals surface area contributed by atoms with Gasteiger partial charge in [-0.2, -0.15) is 0 Å². The van der Waals surface area contributed by atoms with E-state index in [0.717, 1.165) is 0 Å². The van der Waals surface area contributed by atoms with Crippen LogP contribution in [0.4, 0.5) is 0 Å². The molecular formula is C12H18Ge. The summed E-state index contributed by atoms with van der Waals surface area (Å²) in [6.45, 7) is 12.9. The molecule has 0 atom stereocenters. The summed E-state index contributed by atoms with van der Waals surface area (Å²) in [6.07, 6.45) is 0. The Bertz CT molecular complexity index is 288. The second kappa shape index (κ2) is 2.88. The van der Waals surface area contributed by atoms with Crippen molar-refractivity contribution >= 4 is 13.3 Å². The van der Waals surface area contributed by atoms with Crippen LogP contribution < -0.4 is 0 Å². The van der Waals surface area contributed by atoms with Gasteiger partial charge in [-0.1, -0.05) is 0 Å². The first kappa shape index (κ1) is 9.32. The van der Waals surface area contributed by atoms with Crippen molar-refractivity contribution in [1.29, 1.82) is 0 Å². The molecule has 0 radical (unpaired) electrons. The van der Waals surface area contributed by atoms with E-state index in [1.807, 2.05) is 0 Å². The van der Waals surface area contributed by atoms with Crippen molar-refractivity contribution in [1.82, 2.24) is 0 Å². The Morgan fingerprint density at radius 2 is 1.23 bits per heavy atom. The van der Waals surface area contributed by atoms with Crippen molar-refractivity contribution in [3.8, 4) is 0 Å². The van der Waals surface area contributed by atoms with E-state index >= 15 is 0 Å². The van der Waals surface area contributed by atoms with Crippen molar-refractivity contribution < 1.29 is 0 Å². The van der Waals surface area contributed by atoms with E-state index in [2.05, 4.69) is 27.0 Å². The van der Waals surface area contributed by atoms with E-state index in [0.29, 0.717) is 0 Å². The van der Waals surface area contributed by atoms with Gasteiger partial charge in [-0.05, 0) is 0 Å². The Morgan fingerprint density at radius 1 is 0.846 bits per heavy atom. The summed E-state index contributed by atoms with van der Waals surface area (Å²) in [5, 5.41) is 5.66. The van der Waals surface area contributed by atoms with E-state index in [4.69, 9.17) is 0 Å². The Morgan fingerprint density at radius 3 is 1.62 bits per heavy atom. The Kier molecular flexibility index (Phi) is 2.06. The van der Waals surface area contributed by atoms with Crippen molar-refractivity contribution in [3.63, 3.8) is 0 Å². The molecule has 2 rings (SSSR count). The van der Waals surface area contributed by atoms with E-state index in [1.165, 1.54) is 32.2 Å². The maximum atomic E-state index is 4.13. The van der Waals surface area contributed by atoms with Gasteiger partial charge in [-0.25, -0.2) is 0 Å². The summed E-state index contributed by atoms with van der Waals surface area (Å²) in [4.78, 5) is 0. The Balaban J connectivity index is 2.21. The Labute approximate surface area is 83.8 Å². The predicted molar refractivity (Wildman–Crippen MR) is 61.6 cm³/mol. The van der Waals surface area contributed by atoms with Gasteiger partial charge in [0.1, 0.15) is 0 Å². The van der Waals surface area contributed by atoms with E-state index in [9.17, 15) is 0 Å². The predicted octanol–water partition coefficient (Wildman–Crippen LogP) is 3.91. The van der Waals surface area contributed by atoms with Gasteiger partial charge in [0, 0.05) is 0 Å². The second-order valence-electron chi connectivity index (χ2n) is 4.97. The van der Waals surface area contributed by atoms with Gasteiger partial charge in [0.2, 0.25) is 0 Å². The molecule has 70 valence electrons. The first-order valence-electron chi connectivity index (χ1n) is 5.04. The average molecular weight is 235 g/mol. The summed E-state index contributed by atoms with van der Waals surface area (Å²) in [5.74, 6) is 0. The van der Waals surface area contributed by atoms with Gasteiger partial charge < -0.3 is 0 Å². The van der Waals surface area contributed by atoms with Crippen LogP contribution in [-0.2, 0) is 0 Å². The Hall–Kier alpha value is -0.237. The normalized spacial score (nSPS) is 26.6. The van der Waals surface area contributed by atoms with E-state index < -0.39 is 13.3 Å². The molecule has 0 bridgehead atoms. The number of allylic oxidation sites excluding steroid dienone is 4. The fourth-order valence-corrected chi connectivity index (χ4v) is 15.4. The van der Waals surface area contributed by atoms with Crippen LogP contribution >= 0.6 is 0 Å². The molecule has 2 aliphatic heterocycles. The fraction of sp³-hybridized carbons (Fsp3) is 0.500. The van der Waals surface area contributed by atoms with Gasteiger partial charge in [0.25, 0.3) is 0 Å². The van der Waals surface area contributed by atoms with Gasteiger partial charge in [-0.15, -0.1) is 0 Å². The molecule has 2 heterocycles. The molecule has 0 aliphatic carbocycles. The van der Waals surface area contributed by atoms with Crippen LogP contribution in [0, 0.1) is 0 Å². The van der Waals surface area contributed by atoms with Crippen LogP contribution in [0.1, 0.15) is 13.8 Å². The molecule has 0 amide bonds. The SMILES string of the molecule is C=C1[CH2][Ge]2([CH2]C1=C)[CH2]C(C)=C(C)[CH2]2. The molecule has 2 aliphatic rings. The zero-order valence-electron chi connectivity index (χ0n) is 8.74. The van der Waals surface area contributed by atoms with Crippen molar-refractivity contribution in [3.05, 3.63) is 35.5 Å². The molecule has 0 aromatic carbocycles. The fourth-order valence-electron chi connectivity index (χ4n) is 2.96. The van der Waals surface area contributed by atoms with Gasteiger partial charge in [0.15, 0.2) is 0 Å². The third-order valence-corrected chi connectivity index (χ3v) is 14.0. The van der Waals surface area contributed by atoms with E-state index in [-0.39, 0.29) is 0 Å². The van der Waals surface area contributed by atoms with E-state index in [1.54, 1.807) is 11.1 Å². The first-order valence-corrected chi connectivity index (χ1v) is 11.0. The third-order valence-electron chi connectivity index (χ3n) is 3.69. The zero-order valence-corrected chi connectivity index (χ0v) is 10.8. The van der Waals surface area contributed by atoms with Gasteiger partial charge >= 0.3 is 83.6 Å². The van der Waals surface area contributed by atoms with Crippen LogP contribution in [-0.4, -0.2) is 13.3 Å². The van der Waals surface area contributed by atoms with Crippen LogP contribution in [0.5, 0.6) is 0 Å². The molecule has 0 aromatic rings. The number of rotatable bonds is 0.